The Balaban J connectivity index is 1.38. The molecule has 0 aliphatic heterocycles. The molecule has 0 atom stereocenters. The van der Waals surface area contributed by atoms with Crippen molar-refractivity contribution in [3.63, 3.8) is 0 Å². The Hall–Kier alpha value is -3.83. The van der Waals surface area contributed by atoms with E-state index in [1.165, 1.54) is 0 Å². The highest BCUT2D eigenvalue weighted by Gasteiger charge is 2.10. The van der Waals surface area contributed by atoms with Gasteiger partial charge in [0.25, 0.3) is 0 Å². The van der Waals surface area contributed by atoms with Crippen molar-refractivity contribution in [2.75, 3.05) is 0 Å². The van der Waals surface area contributed by atoms with Gasteiger partial charge in [-0.25, -0.2) is 5.43 Å². The standard InChI is InChI=1S/C28H26ClN3O2/c1-20-16-24(18-30-31-28(33)17-22-6-4-3-5-7-22)21(2)32(20)26-12-14-27(15-13-26)34-19-23-8-10-25(29)11-9-23/h3-16,18H,17,19H2,1-2H3,(H,31,33)/b30-18+. The Morgan fingerprint density at radius 2 is 1.68 bits per heavy atom. The van der Waals surface area contributed by atoms with E-state index in [-0.39, 0.29) is 5.91 Å². The quantitative estimate of drug-likeness (QED) is 0.252. The number of aromatic nitrogens is 1. The molecular weight excluding hydrogens is 446 g/mol. The third-order valence-electron chi connectivity index (χ3n) is 5.48. The lowest BCUT2D eigenvalue weighted by atomic mass is 10.1. The largest absolute Gasteiger partial charge is 0.489 e. The molecule has 34 heavy (non-hydrogen) atoms. The number of benzene rings is 3. The molecule has 0 aliphatic rings. The van der Waals surface area contributed by atoms with Crippen LogP contribution in [-0.2, 0) is 17.8 Å². The van der Waals surface area contributed by atoms with E-state index in [4.69, 9.17) is 16.3 Å². The van der Waals surface area contributed by atoms with Gasteiger partial charge in [0.2, 0.25) is 5.91 Å². The van der Waals surface area contributed by atoms with Crippen LogP contribution in [0.2, 0.25) is 5.02 Å². The minimum absolute atomic E-state index is 0.148. The fourth-order valence-electron chi connectivity index (χ4n) is 3.75. The molecule has 0 fully saturated rings. The highest BCUT2D eigenvalue weighted by atomic mass is 35.5. The van der Waals surface area contributed by atoms with E-state index in [9.17, 15) is 4.79 Å². The van der Waals surface area contributed by atoms with Gasteiger partial charge in [-0.1, -0.05) is 54.1 Å². The summed E-state index contributed by atoms with van der Waals surface area (Å²) in [5, 5.41) is 4.87. The summed E-state index contributed by atoms with van der Waals surface area (Å²) in [7, 11) is 0. The number of nitrogens with one attached hydrogen (secondary N) is 1. The van der Waals surface area contributed by atoms with E-state index >= 15 is 0 Å². The number of aryl methyl sites for hydroxylation is 1. The van der Waals surface area contributed by atoms with Gasteiger partial charge in [0, 0.05) is 27.7 Å². The number of halogens is 1. The van der Waals surface area contributed by atoms with Crippen molar-refractivity contribution in [3.05, 3.63) is 118 Å². The number of amides is 1. The van der Waals surface area contributed by atoms with Crippen molar-refractivity contribution in [2.24, 2.45) is 5.10 Å². The van der Waals surface area contributed by atoms with Crippen LogP contribution < -0.4 is 10.2 Å². The van der Waals surface area contributed by atoms with E-state index in [0.717, 1.165) is 39.5 Å². The first-order valence-electron chi connectivity index (χ1n) is 11.0. The molecule has 0 aliphatic carbocycles. The molecule has 0 bridgehead atoms. The zero-order valence-electron chi connectivity index (χ0n) is 19.2. The molecule has 0 saturated carbocycles. The van der Waals surface area contributed by atoms with Crippen LogP contribution in [0.3, 0.4) is 0 Å². The average Bonchev–Trinajstić information content (AvgIpc) is 3.12. The smallest absolute Gasteiger partial charge is 0.244 e. The van der Waals surface area contributed by atoms with Crippen molar-refractivity contribution in [1.82, 2.24) is 9.99 Å². The highest BCUT2D eigenvalue weighted by molar-refractivity contribution is 6.30. The van der Waals surface area contributed by atoms with E-state index in [0.29, 0.717) is 18.1 Å². The maximum Gasteiger partial charge on any atom is 0.244 e. The van der Waals surface area contributed by atoms with Gasteiger partial charge in [-0.15, -0.1) is 0 Å². The number of carbonyl (C=O) groups is 1. The number of carbonyl (C=O) groups excluding carboxylic acids is 1. The van der Waals surface area contributed by atoms with Gasteiger partial charge in [-0.3, -0.25) is 4.79 Å². The van der Waals surface area contributed by atoms with Crippen LogP contribution in [0.5, 0.6) is 5.75 Å². The molecule has 6 heteroatoms. The second-order valence-corrected chi connectivity index (χ2v) is 8.46. The third-order valence-corrected chi connectivity index (χ3v) is 5.74. The van der Waals surface area contributed by atoms with E-state index in [1.54, 1.807) is 6.21 Å². The van der Waals surface area contributed by atoms with Crippen LogP contribution in [0.25, 0.3) is 5.69 Å². The summed E-state index contributed by atoms with van der Waals surface area (Å²) in [5.74, 6) is 0.648. The Morgan fingerprint density at radius 1 is 0.971 bits per heavy atom. The predicted molar refractivity (Wildman–Crippen MR) is 137 cm³/mol. The van der Waals surface area contributed by atoms with Crippen molar-refractivity contribution < 1.29 is 9.53 Å². The molecule has 4 rings (SSSR count). The summed E-state index contributed by atoms with van der Waals surface area (Å²) in [6, 6.07) is 27.3. The lowest BCUT2D eigenvalue weighted by Crippen LogP contribution is -2.19. The fourth-order valence-corrected chi connectivity index (χ4v) is 3.87. The number of hydrogen-bond donors (Lipinski definition) is 1. The molecule has 1 heterocycles. The fraction of sp³-hybridized carbons (Fsp3) is 0.143. The SMILES string of the molecule is Cc1cc(/C=N/NC(=O)Cc2ccccc2)c(C)n1-c1ccc(OCc2ccc(Cl)cc2)cc1. The van der Waals surface area contributed by atoms with Gasteiger partial charge in [-0.05, 0) is 67.4 Å². The van der Waals surface area contributed by atoms with Crippen molar-refractivity contribution in [3.8, 4) is 11.4 Å². The van der Waals surface area contributed by atoms with Crippen molar-refractivity contribution >= 4 is 23.7 Å². The molecule has 1 aromatic heterocycles. The van der Waals surface area contributed by atoms with Crippen LogP contribution in [0.1, 0.15) is 28.1 Å². The molecule has 3 aromatic carbocycles. The Labute approximate surface area is 204 Å². The van der Waals surface area contributed by atoms with Gasteiger partial charge >= 0.3 is 0 Å². The summed E-state index contributed by atoms with van der Waals surface area (Å²) >= 11 is 5.93. The van der Waals surface area contributed by atoms with Gasteiger partial charge in [0.15, 0.2) is 0 Å². The molecule has 172 valence electrons. The van der Waals surface area contributed by atoms with Gasteiger partial charge < -0.3 is 9.30 Å². The Bertz CT molecular complexity index is 1280. The topological polar surface area (TPSA) is 55.6 Å². The maximum atomic E-state index is 12.1. The van der Waals surface area contributed by atoms with Gasteiger partial charge in [-0.2, -0.15) is 5.10 Å². The highest BCUT2D eigenvalue weighted by Crippen LogP contribution is 2.23. The zero-order chi connectivity index (χ0) is 23.9. The number of hydrazone groups is 1. The van der Waals surface area contributed by atoms with E-state index in [2.05, 4.69) is 15.1 Å². The van der Waals surface area contributed by atoms with Gasteiger partial charge in [0.1, 0.15) is 12.4 Å². The minimum Gasteiger partial charge on any atom is -0.489 e. The molecule has 4 aromatic rings. The first-order chi connectivity index (χ1) is 16.5. The molecule has 0 radical (unpaired) electrons. The zero-order valence-corrected chi connectivity index (χ0v) is 19.9. The Kier molecular flexibility index (Phi) is 7.45. The summed E-state index contributed by atoms with van der Waals surface area (Å²) in [4.78, 5) is 12.1. The Morgan fingerprint density at radius 3 is 2.38 bits per heavy atom. The van der Waals surface area contributed by atoms with Gasteiger partial charge in [0.05, 0.1) is 12.6 Å². The molecule has 0 saturated heterocycles. The first kappa shape index (κ1) is 23.3. The first-order valence-corrected chi connectivity index (χ1v) is 11.4. The lowest BCUT2D eigenvalue weighted by molar-refractivity contribution is -0.120. The molecule has 0 spiro atoms. The maximum absolute atomic E-state index is 12.1. The summed E-state index contributed by atoms with van der Waals surface area (Å²) in [6.45, 7) is 4.56. The predicted octanol–water partition coefficient (Wildman–Crippen LogP) is 6.02. The van der Waals surface area contributed by atoms with Crippen LogP contribution in [-0.4, -0.2) is 16.7 Å². The molecule has 5 nitrogen and oxygen atoms in total. The second-order valence-electron chi connectivity index (χ2n) is 8.03. The molecule has 1 amide bonds. The minimum atomic E-state index is -0.148. The van der Waals surface area contributed by atoms with Crippen molar-refractivity contribution in [2.45, 2.75) is 26.9 Å². The summed E-state index contributed by atoms with van der Waals surface area (Å²) < 4.78 is 8.04. The number of nitrogens with zero attached hydrogens (tertiary/aromatic N) is 2. The average molecular weight is 472 g/mol. The molecule has 1 N–H and O–H groups in total. The van der Waals surface area contributed by atoms with Crippen LogP contribution in [0, 0.1) is 13.8 Å². The second kappa shape index (κ2) is 10.9. The molecular formula is C28H26ClN3O2. The van der Waals surface area contributed by atoms with E-state index < -0.39 is 0 Å². The normalized spacial score (nSPS) is 11.0. The number of hydrogen-bond acceptors (Lipinski definition) is 3. The summed E-state index contributed by atoms with van der Waals surface area (Å²) in [6.07, 6.45) is 1.98. The van der Waals surface area contributed by atoms with Crippen molar-refractivity contribution in [1.29, 1.82) is 0 Å². The lowest BCUT2D eigenvalue weighted by Gasteiger charge is -2.11. The third kappa shape index (κ3) is 5.94. The van der Waals surface area contributed by atoms with Crippen LogP contribution >= 0.6 is 11.6 Å². The van der Waals surface area contributed by atoms with Crippen LogP contribution in [0.4, 0.5) is 0 Å². The molecule has 0 unspecified atom stereocenters. The number of rotatable bonds is 8. The monoisotopic (exact) mass is 471 g/mol. The van der Waals surface area contributed by atoms with E-state index in [1.807, 2.05) is 98.8 Å². The summed E-state index contributed by atoms with van der Waals surface area (Å²) in [5.41, 5.74) is 8.71. The van der Waals surface area contributed by atoms with Crippen LogP contribution in [0.15, 0.2) is 90.0 Å². The number of ether oxygens (including phenoxy) is 1.